The lowest BCUT2D eigenvalue weighted by Gasteiger charge is -2.17. The molecule has 1 aromatic carbocycles. The van der Waals surface area contributed by atoms with Crippen LogP contribution in [0.2, 0.25) is 0 Å². The van der Waals surface area contributed by atoms with Gasteiger partial charge in [0.1, 0.15) is 0 Å². The summed E-state index contributed by atoms with van der Waals surface area (Å²) in [7, 11) is 0. The Kier molecular flexibility index (Phi) is 4.06. The number of nitrogens with zero attached hydrogens (tertiary/aromatic N) is 1. The van der Waals surface area contributed by atoms with Crippen LogP contribution in [0.1, 0.15) is 30.0 Å². The van der Waals surface area contributed by atoms with Crippen LogP contribution >= 0.6 is 0 Å². The van der Waals surface area contributed by atoms with Gasteiger partial charge < -0.3 is 20.0 Å². The van der Waals surface area contributed by atoms with Gasteiger partial charge in [-0.15, -0.1) is 0 Å². The van der Waals surface area contributed by atoms with Crippen molar-refractivity contribution >= 4 is 23.3 Å². The van der Waals surface area contributed by atoms with Crippen LogP contribution in [0, 0.1) is 0 Å². The second kappa shape index (κ2) is 6.16. The summed E-state index contributed by atoms with van der Waals surface area (Å²) in [5.41, 5.74) is 2.55. The average molecular weight is 313 g/mol. The number of nitrogens with one attached hydrogen (secondary N) is 2. The maximum Gasteiger partial charge on any atom is 0.319 e. The van der Waals surface area contributed by atoms with Gasteiger partial charge in [-0.05, 0) is 50.1 Å². The standard InChI is InChI=1S/C17H19N3O3/c1-11(2)18-17(22)19-13-6-5-12-7-8-20(14(12)10-13)16(21)15-4-3-9-23-15/h3-6,9-11H,7-8H2,1-2H3,(H2,18,19,22). The Hall–Kier alpha value is -2.76. The van der Waals surface area contributed by atoms with Gasteiger partial charge in [0.2, 0.25) is 0 Å². The molecule has 2 aromatic rings. The predicted molar refractivity (Wildman–Crippen MR) is 87.8 cm³/mol. The van der Waals surface area contributed by atoms with Crippen molar-refractivity contribution in [1.29, 1.82) is 0 Å². The number of fused-ring (bicyclic) bond motifs is 1. The van der Waals surface area contributed by atoms with Gasteiger partial charge in [-0.1, -0.05) is 6.07 Å². The van der Waals surface area contributed by atoms with Crippen molar-refractivity contribution in [3.63, 3.8) is 0 Å². The number of furan rings is 1. The Labute approximate surface area is 134 Å². The van der Waals surface area contributed by atoms with Gasteiger partial charge in [-0.2, -0.15) is 0 Å². The van der Waals surface area contributed by atoms with Crippen LogP contribution in [0.15, 0.2) is 41.0 Å². The quantitative estimate of drug-likeness (QED) is 0.914. The molecule has 1 aromatic heterocycles. The lowest BCUT2D eigenvalue weighted by Crippen LogP contribution is -2.34. The topological polar surface area (TPSA) is 74.6 Å². The van der Waals surface area contributed by atoms with E-state index in [1.54, 1.807) is 17.0 Å². The minimum Gasteiger partial charge on any atom is -0.459 e. The fourth-order valence-electron chi connectivity index (χ4n) is 2.63. The first-order chi connectivity index (χ1) is 11.0. The monoisotopic (exact) mass is 313 g/mol. The Bertz CT molecular complexity index is 723. The highest BCUT2D eigenvalue weighted by molar-refractivity contribution is 6.06. The summed E-state index contributed by atoms with van der Waals surface area (Å²) in [6, 6.07) is 8.75. The number of carbonyl (C=O) groups excluding carboxylic acids is 2. The Morgan fingerprint density at radius 3 is 2.78 bits per heavy atom. The van der Waals surface area contributed by atoms with E-state index in [1.165, 1.54) is 6.26 Å². The number of rotatable bonds is 3. The first-order valence-corrected chi connectivity index (χ1v) is 7.60. The van der Waals surface area contributed by atoms with Crippen molar-refractivity contribution in [2.75, 3.05) is 16.8 Å². The summed E-state index contributed by atoms with van der Waals surface area (Å²) in [5.74, 6) is 0.145. The van der Waals surface area contributed by atoms with Crippen LogP contribution in [-0.2, 0) is 6.42 Å². The average Bonchev–Trinajstić information content (AvgIpc) is 3.15. The highest BCUT2D eigenvalue weighted by Crippen LogP contribution is 2.32. The number of amides is 3. The van der Waals surface area contributed by atoms with Gasteiger partial charge in [-0.25, -0.2) is 4.79 Å². The highest BCUT2D eigenvalue weighted by atomic mass is 16.3. The molecule has 0 atom stereocenters. The summed E-state index contributed by atoms with van der Waals surface area (Å²) in [6.07, 6.45) is 2.28. The van der Waals surface area contributed by atoms with Crippen LogP contribution in [0.5, 0.6) is 0 Å². The van der Waals surface area contributed by atoms with Crippen molar-refractivity contribution in [3.8, 4) is 0 Å². The molecule has 0 saturated carbocycles. The van der Waals surface area contributed by atoms with Gasteiger partial charge in [-0.3, -0.25) is 4.79 Å². The summed E-state index contributed by atoms with van der Waals surface area (Å²) in [4.78, 5) is 26.0. The van der Waals surface area contributed by atoms with E-state index in [0.29, 0.717) is 18.0 Å². The number of urea groups is 1. The van der Waals surface area contributed by atoms with E-state index in [1.807, 2.05) is 32.0 Å². The molecule has 6 heteroatoms. The molecule has 120 valence electrons. The summed E-state index contributed by atoms with van der Waals surface area (Å²) >= 11 is 0. The molecule has 2 N–H and O–H groups in total. The zero-order valence-electron chi connectivity index (χ0n) is 13.1. The van der Waals surface area contributed by atoms with E-state index in [2.05, 4.69) is 10.6 Å². The molecule has 0 bridgehead atoms. The van der Waals surface area contributed by atoms with E-state index in [-0.39, 0.29) is 18.0 Å². The second-order valence-electron chi connectivity index (χ2n) is 5.78. The predicted octanol–water partition coefficient (Wildman–Crippen LogP) is 3.01. The number of anilines is 2. The molecular formula is C17H19N3O3. The maximum absolute atomic E-state index is 12.5. The minimum atomic E-state index is -0.262. The summed E-state index contributed by atoms with van der Waals surface area (Å²) < 4.78 is 5.19. The Morgan fingerprint density at radius 2 is 2.09 bits per heavy atom. The third kappa shape index (κ3) is 3.21. The van der Waals surface area contributed by atoms with Crippen molar-refractivity contribution in [1.82, 2.24) is 5.32 Å². The molecule has 0 spiro atoms. The number of hydrogen-bond donors (Lipinski definition) is 2. The number of hydrogen-bond acceptors (Lipinski definition) is 3. The second-order valence-corrected chi connectivity index (χ2v) is 5.78. The molecule has 2 heterocycles. The molecule has 0 saturated heterocycles. The molecule has 1 aliphatic rings. The van der Waals surface area contributed by atoms with Gasteiger partial charge in [0.05, 0.1) is 6.26 Å². The number of benzene rings is 1. The third-order valence-corrected chi connectivity index (χ3v) is 3.64. The molecule has 3 rings (SSSR count). The zero-order valence-corrected chi connectivity index (χ0v) is 13.1. The van der Waals surface area contributed by atoms with Gasteiger partial charge in [0.25, 0.3) is 5.91 Å². The summed E-state index contributed by atoms with van der Waals surface area (Å²) in [6.45, 7) is 4.40. The van der Waals surface area contributed by atoms with E-state index < -0.39 is 0 Å². The van der Waals surface area contributed by atoms with Crippen molar-refractivity contribution < 1.29 is 14.0 Å². The third-order valence-electron chi connectivity index (χ3n) is 3.64. The maximum atomic E-state index is 12.5. The molecule has 6 nitrogen and oxygen atoms in total. The smallest absolute Gasteiger partial charge is 0.319 e. The van der Waals surface area contributed by atoms with Crippen LogP contribution in [0.3, 0.4) is 0 Å². The fraction of sp³-hybridized carbons (Fsp3) is 0.294. The molecule has 0 radical (unpaired) electrons. The molecule has 0 unspecified atom stereocenters. The Morgan fingerprint density at radius 1 is 1.26 bits per heavy atom. The van der Waals surface area contributed by atoms with Gasteiger partial charge in [0.15, 0.2) is 5.76 Å². The molecule has 0 aliphatic carbocycles. The highest BCUT2D eigenvalue weighted by Gasteiger charge is 2.27. The van der Waals surface area contributed by atoms with E-state index in [0.717, 1.165) is 17.7 Å². The van der Waals surface area contributed by atoms with Crippen LogP contribution in [-0.4, -0.2) is 24.5 Å². The Balaban J connectivity index is 1.80. The van der Waals surface area contributed by atoms with Crippen LogP contribution in [0.25, 0.3) is 0 Å². The lowest BCUT2D eigenvalue weighted by molar-refractivity contribution is 0.0963. The van der Waals surface area contributed by atoms with Crippen molar-refractivity contribution in [2.45, 2.75) is 26.3 Å². The molecule has 1 aliphatic heterocycles. The molecule has 3 amide bonds. The largest absolute Gasteiger partial charge is 0.459 e. The SMILES string of the molecule is CC(C)NC(=O)Nc1ccc2c(c1)N(C(=O)c1ccco1)CC2. The zero-order chi connectivity index (χ0) is 16.4. The minimum absolute atomic E-state index is 0.0569. The first kappa shape index (κ1) is 15.1. The first-order valence-electron chi connectivity index (χ1n) is 7.60. The van der Waals surface area contributed by atoms with Gasteiger partial charge >= 0.3 is 6.03 Å². The van der Waals surface area contributed by atoms with Crippen LogP contribution < -0.4 is 15.5 Å². The van der Waals surface area contributed by atoms with Crippen molar-refractivity contribution in [3.05, 3.63) is 47.9 Å². The fourth-order valence-corrected chi connectivity index (χ4v) is 2.63. The molecule has 0 fully saturated rings. The van der Waals surface area contributed by atoms with Crippen LogP contribution in [0.4, 0.5) is 16.2 Å². The lowest BCUT2D eigenvalue weighted by atomic mass is 10.1. The normalized spacial score (nSPS) is 13.1. The van der Waals surface area contributed by atoms with Gasteiger partial charge in [0, 0.05) is 24.0 Å². The molecular weight excluding hydrogens is 294 g/mol. The van der Waals surface area contributed by atoms with Crippen molar-refractivity contribution in [2.24, 2.45) is 0 Å². The van der Waals surface area contributed by atoms with E-state index >= 15 is 0 Å². The van der Waals surface area contributed by atoms with E-state index in [4.69, 9.17) is 4.42 Å². The summed E-state index contributed by atoms with van der Waals surface area (Å²) in [5, 5.41) is 5.56. The van der Waals surface area contributed by atoms with E-state index in [9.17, 15) is 9.59 Å². The number of carbonyl (C=O) groups is 2. The molecule has 23 heavy (non-hydrogen) atoms.